The Kier molecular flexibility index (Phi) is 6.37. The van der Waals surface area contributed by atoms with Crippen LogP contribution in [0.4, 0.5) is 4.39 Å². The molecule has 27 heavy (non-hydrogen) atoms. The van der Waals surface area contributed by atoms with Gasteiger partial charge in [-0.3, -0.25) is 10.3 Å². The van der Waals surface area contributed by atoms with E-state index in [-0.39, 0.29) is 18.5 Å². The van der Waals surface area contributed by atoms with Crippen LogP contribution < -0.4 is 10.9 Å². The normalized spacial score (nSPS) is 33.0. The molecule has 3 saturated heterocycles. The average molecular weight is 378 g/mol. The number of aliphatic hydroxyl groups excluding tert-OH is 1. The molecule has 3 N–H and O–H groups in total. The number of rotatable bonds is 6. The van der Waals surface area contributed by atoms with Gasteiger partial charge in [-0.1, -0.05) is 12.1 Å². The van der Waals surface area contributed by atoms with Crippen LogP contribution in [-0.2, 0) is 4.74 Å². The Hall–Kier alpha value is -1.09. The minimum atomic E-state index is -0.188. The van der Waals surface area contributed by atoms with E-state index in [4.69, 9.17) is 4.74 Å². The molecule has 3 fully saturated rings. The van der Waals surface area contributed by atoms with Crippen LogP contribution >= 0.6 is 0 Å². The van der Waals surface area contributed by atoms with Crippen molar-refractivity contribution in [3.05, 3.63) is 35.6 Å². The van der Waals surface area contributed by atoms with Crippen LogP contribution in [0.2, 0.25) is 0 Å². The standard InChI is InChI=1S/C20H31FN4O2/c21-19-3-1-2-15(8-19)20-16(9-22-23-20)10-25-12-17(18(13-25)14-26)11-24-4-6-27-7-5-24/h1-3,8,16-18,20,22-23,26H,4-7,9-14H2/t16?,17-,18-,20?/m0/s1. The van der Waals surface area contributed by atoms with Gasteiger partial charge in [-0.15, -0.1) is 0 Å². The van der Waals surface area contributed by atoms with Crippen LogP contribution in [0.1, 0.15) is 11.6 Å². The van der Waals surface area contributed by atoms with E-state index in [9.17, 15) is 9.50 Å². The van der Waals surface area contributed by atoms with E-state index in [1.165, 1.54) is 6.07 Å². The summed E-state index contributed by atoms with van der Waals surface area (Å²) in [6, 6.07) is 7.00. The topological polar surface area (TPSA) is 60.0 Å². The smallest absolute Gasteiger partial charge is 0.123 e. The van der Waals surface area contributed by atoms with Crippen LogP contribution in [0.5, 0.6) is 0 Å². The first-order valence-electron chi connectivity index (χ1n) is 10.1. The first-order chi connectivity index (χ1) is 13.2. The second-order valence-corrected chi connectivity index (χ2v) is 8.15. The molecule has 3 aliphatic rings. The minimum Gasteiger partial charge on any atom is -0.396 e. The van der Waals surface area contributed by atoms with E-state index in [1.807, 2.05) is 6.07 Å². The molecule has 4 rings (SSSR count). The Morgan fingerprint density at radius 1 is 1.07 bits per heavy atom. The van der Waals surface area contributed by atoms with Crippen LogP contribution in [0.15, 0.2) is 24.3 Å². The predicted octanol–water partition coefficient (Wildman–Crippen LogP) is 0.463. The lowest BCUT2D eigenvalue weighted by Crippen LogP contribution is -2.41. The SMILES string of the molecule is OC[C@@H]1CN(CC2CNNC2c2cccc(F)c2)C[C@@H]1CN1CCOCC1. The maximum absolute atomic E-state index is 13.6. The number of benzene rings is 1. The first-order valence-corrected chi connectivity index (χ1v) is 10.1. The minimum absolute atomic E-state index is 0.117. The summed E-state index contributed by atoms with van der Waals surface area (Å²) in [6.07, 6.45) is 0. The van der Waals surface area contributed by atoms with Crippen molar-refractivity contribution in [3.63, 3.8) is 0 Å². The molecule has 1 aromatic rings. The molecule has 0 radical (unpaired) electrons. The van der Waals surface area contributed by atoms with Crippen LogP contribution in [-0.4, -0.2) is 80.5 Å². The number of hydrogen-bond acceptors (Lipinski definition) is 6. The van der Waals surface area contributed by atoms with Gasteiger partial charge in [0.05, 0.1) is 19.3 Å². The number of nitrogens with one attached hydrogen (secondary N) is 2. The summed E-state index contributed by atoms with van der Waals surface area (Å²) in [5.41, 5.74) is 7.55. The van der Waals surface area contributed by atoms with E-state index in [1.54, 1.807) is 12.1 Å². The van der Waals surface area contributed by atoms with Gasteiger partial charge in [0.1, 0.15) is 5.82 Å². The van der Waals surface area contributed by atoms with Gasteiger partial charge in [0, 0.05) is 58.3 Å². The summed E-state index contributed by atoms with van der Waals surface area (Å²) in [4.78, 5) is 4.95. The lowest BCUT2D eigenvalue weighted by atomic mass is 9.94. The molecule has 150 valence electrons. The zero-order valence-corrected chi connectivity index (χ0v) is 15.8. The van der Waals surface area contributed by atoms with E-state index >= 15 is 0 Å². The first kappa shape index (κ1) is 19.2. The molecule has 0 aromatic heterocycles. The van der Waals surface area contributed by atoms with Crippen LogP contribution in [0, 0.1) is 23.6 Å². The quantitative estimate of drug-likeness (QED) is 0.669. The van der Waals surface area contributed by atoms with Crippen molar-refractivity contribution >= 4 is 0 Å². The van der Waals surface area contributed by atoms with Gasteiger partial charge in [-0.05, 0) is 29.5 Å². The number of ether oxygens (including phenoxy) is 1. The molecule has 4 atom stereocenters. The molecular formula is C20H31FN4O2. The van der Waals surface area contributed by atoms with Crippen LogP contribution in [0.3, 0.4) is 0 Å². The predicted molar refractivity (Wildman–Crippen MR) is 102 cm³/mol. The van der Waals surface area contributed by atoms with Crippen molar-refractivity contribution in [3.8, 4) is 0 Å². The Morgan fingerprint density at radius 2 is 1.85 bits per heavy atom. The largest absolute Gasteiger partial charge is 0.396 e. The second-order valence-electron chi connectivity index (χ2n) is 8.15. The number of hydrazine groups is 1. The van der Waals surface area contributed by atoms with E-state index in [0.29, 0.717) is 17.8 Å². The molecule has 7 heteroatoms. The Bertz CT molecular complexity index is 613. The summed E-state index contributed by atoms with van der Waals surface area (Å²) < 4.78 is 19.1. The van der Waals surface area contributed by atoms with Gasteiger partial charge in [-0.2, -0.15) is 0 Å². The number of hydrogen-bond donors (Lipinski definition) is 3. The number of morpholine rings is 1. The zero-order valence-electron chi connectivity index (χ0n) is 15.8. The van der Waals surface area contributed by atoms with Crippen molar-refractivity contribution in [1.29, 1.82) is 0 Å². The van der Waals surface area contributed by atoms with Gasteiger partial charge < -0.3 is 14.7 Å². The Labute approximate surface area is 160 Å². The number of halogens is 1. The van der Waals surface area contributed by atoms with E-state index < -0.39 is 0 Å². The van der Waals surface area contributed by atoms with Gasteiger partial charge in [0.25, 0.3) is 0 Å². The van der Waals surface area contributed by atoms with Crippen molar-refractivity contribution in [2.75, 3.05) is 65.6 Å². The van der Waals surface area contributed by atoms with Crippen molar-refractivity contribution < 1.29 is 14.2 Å². The van der Waals surface area contributed by atoms with Gasteiger partial charge >= 0.3 is 0 Å². The third kappa shape index (κ3) is 4.67. The molecular weight excluding hydrogens is 347 g/mol. The molecule has 2 unspecified atom stereocenters. The second kappa shape index (κ2) is 8.94. The summed E-state index contributed by atoms with van der Waals surface area (Å²) >= 11 is 0. The summed E-state index contributed by atoms with van der Waals surface area (Å²) in [5.74, 6) is 1.03. The highest BCUT2D eigenvalue weighted by molar-refractivity contribution is 5.22. The highest BCUT2D eigenvalue weighted by Gasteiger charge is 2.37. The van der Waals surface area contributed by atoms with Crippen molar-refractivity contribution in [1.82, 2.24) is 20.7 Å². The van der Waals surface area contributed by atoms with E-state index in [2.05, 4.69) is 20.7 Å². The van der Waals surface area contributed by atoms with Gasteiger partial charge in [0.15, 0.2) is 0 Å². The van der Waals surface area contributed by atoms with Gasteiger partial charge in [-0.25, -0.2) is 9.82 Å². The third-order valence-electron chi connectivity index (χ3n) is 6.28. The fraction of sp³-hybridized carbons (Fsp3) is 0.700. The fourth-order valence-electron chi connectivity index (χ4n) is 4.81. The summed E-state index contributed by atoms with van der Waals surface area (Å²) in [6.45, 7) is 8.70. The molecule has 3 heterocycles. The number of likely N-dealkylation sites (tertiary alicyclic amines) is 1. The monoisotopic (exact) mass is 378 g/mol. The molecule has 3 aliphatic heterocycles. The molecule has 6 nitrogen and oxygen atoms in total. The zero-order chi connectivity index (χ0) is 18.6. The van der Waals surface area contributed by atoms with Crippen molar-refractivity contribution in [2.24, 2.45) is 17.8 Å². The molecule has 0 saturated carbocycles. The highest BCUT2D eigenvalue weighted by atomic mass is 19.1. The maximum Gasteiger partial charge on any atom is 0.123 e. The summed E-state index contributed by atoms with van der Waals surface area (Å²) in [7, 11) is 0. The number of nitrogens with zero attached hydrogens (tertiary/aromatic N) is 2. The van der Waals surface area contributed by atoms with Crippen molar-refractivity contribution in [2.45, 2.75) is 6.04 Å². The Balaban J connectivity index is 1.35. The highest BCUT2D eigenvalue weighted by Crippen LogP contribution is 2.30. The molecule has 1 aromatic carbocycles. The molecule has 0 aliphatic carbocycles. The average Bonchev–Trinajstić information content (AvgIpc) is 3.29. The lowest BCUT2D eigenvalue weighted by Gasteiger charge is -2.30. The maximum atomic E-state index is 13.6. The molecule has 0 spiro atoms. The molecule has 0 amide bonds. The molecule has 0 bridgehead atoms. The number of aliphatic hydroxyl groups is 1. The third-order valence-corrected chi connectivity index (χ3v) is 6.28. The summed E-state index contributed by atoms with van der Waals surface area (Å²) in [5, 5.41) is 9.87. The van der Waals surface area contributed by atoms with Crippen LogP contribution in [0.25, 0.3) is 0 Å². The van der Waals surface area contributed by atoms with Gasteiger partial charge in [0.2, 0.25) is 0 Å². The Morgan fingerprint density at radius 3 is 2.63 bits per heavy atom. The lowest BCUT2D eigenvalue weighted by molar-refractivity contribution is 0.0264. The fourth-order valence-corrected chi connectivity index (χ4v) is 4.81. The van der Waals surface area contributed by atoms with E-state index in [0.717, 1.165) is 64.6 Å².